The number of nitrogens with one attached hydrogen (secondary N) is 1. The molecule has 0 heterocycles. The fraction of sp³-hybridized carbons (Fsp3) is 0.562. The van der Waals surface area contributed by atoms with Crippen molar-refractivity contribution in [3.63, 3.8) is 0 Å². The smallest absolute Gasteiger partial charge is 0.408 e. The Morgan fingerprint density at radius 2 is 2.05 bits per heavy atom. The first-order chi connectivity index (χ1) is 10.1. The molecule has 0 saturated heterocycles. The third-order valence-corrected chi connectivity index (χ3v) is 5.20. The van der Waals surface area contributed by atoms with Crippen molar-refractivity contribution in [1.29, 1.82) is 0 Å². The second-order valence-corrected chi connectivity index (χ2v) is 6.16. The zero-order valence-electron chi connectivity index (χ0n) is 11.9. The van der Waals surface area contributed by atoms with Crippen molar-refractivity contribution < 1.29 is 19.7 Å². The summed E-state index contributed by atoms with van der Waals surface area (Å²) < 4.78 is 5.22. The minimum Gasteiger partial charge on any atom is -0.445 e. The summed E-state index contributed by atoms with van der Waals surface area (Å²) in [5, 5.41) is 22.5. The predicted octanol–water partition coefficient (Wildman–Crippen LogP) is 1.58. The molecule has 2 saturated carbocycles. The van der Waals surface area contributed by atoms with Gasteiger partial charge in [-0.15, -0.1) is 0 Å². The zero-order valence-corrected chi connectivity index (χ0v) is 11.9. The molecule has 1 spiro atoms. The molecular weight excluding hydrogens is 270 g/mol. The number of hydrogen-bond donors (Lipinski definition) is 3. The SMILES string of the molecule is O=C(N[C@@]1(CO)C[C@@H](O)C12CCC2)OCc1ccccc1. The molecule has 2 fully saturated rings. The summed E-state index contributed by atoms with van der Waals surface area (Å²) >= 11 is 0. The van der Waals surface area contributed by atoms with Gasteiger partial charge in [0.2, 0.25) is 0 Å². The molecule has 3 rings (SSSR count). The number of benzene rings is 1. The molecule has 2 aliphatic carbocycles. The topological polar surface area (TPSA) is 78.8 Å². The molecule has 1 aromatic rings. The third-order valence-electron chi connectivity index (χ3n) is 5.20. The molecular formula is C16H21NO4. The Hall–Kier alpha value is -1.59. The Morgan fingerprint density at radius 1 is 1.33 bits per heavy atom. The van der Waals surface area contributed by atoms with Crippen LogP contribution in [0.3, 0.4) is 0 Å². The first-order valence-corrected chi connectivity index (χ1v) is 7.40. The van der Waals surface area contributed by atoms with Crippen LogP contribution < -0.4 is 5.32 Å². The summed E-state index contributed by atoms with van der Waals surface area (Å²) in [6.45, 7) is 0.0359. The van der Waals surface area contributed by atoms with Crippen molar-refractivity contribution in [1.82, 2.24) is 5.32 Å². The van der Waals surface area contributed by atoms with Gasteiger partial charge in [0.1, 0.15) is 6.61 Å². The van der Waals surface area contributed by atoms with E-state index < -0.39 is 17.7 Å². The molecule has 3 N–H and O–H groups in total. The largest absolute Gasteiger partial charge is 0.445 e. The summed E-state index contributed by atoms with van der Waals surface area (Å²) in [7, 11) is 0. The lowest BCUT2D eigenvalue weighted by Gasteiger charge is -2.66. The van der Waals surface area contributed by atoms with Crippen LogP contribution in [0.1, 0.15) is 31.2 Å². The van der Waals surface area contributed by atoms with Crippen LogP contribution in [0.25, 0.3) is 0 Å². The van der Waals surface area contributed by atoms with E-state index in [1.807, 2.05) is 30.3 Å². The summed E-state index contributed by atoms with van der Waals surface area (Å²) in [4.78, 5) is 12.0. The lowest BCUT2D eigenvalue weighted by molar-refractivity contribution is -0.208. The number of aliphatic hydroxyl groups is 2. The van der Waals surface area contributed by atoms with Gasteiger partial charge >= 0.3 is 6.09 Å². The predicted molar refractivity (Wildman–Crippen MR) is 76.5 cm³/mol. The van der Waals surface area contributed by atoms with Crippen molar-refractivity contribution in [2.75, 3.05) is 6.61 Å². The highest BCUT2D eigenvalue weighted by Gasteiger charge is 2.68. The molecule has 0 unspecified atom stereocenters. The first kappa shape index (κ1) is 14.4. The standard InChI is InChI=1S/C16H21NO4/c18-11-16(9-13(19)15(16)7-4-8-15)17-14(20)21-10-12-5-2-1-3-6-12/h1-3,5-6,13,18-19H,4,7-11H2,(H,17,20)/t13-,16-/m1/s1. The number of carbonyl (C=O) groups excluding carboxylic acids is 1. The van der Waals surface area contributed by atoms with Crippen LogP contribution in [0.4, 0.5) is 4.79 Å². The van der Waals surface area contributed by atoms with Crippen molar-refractivity contribution in [3.8, 4) is 0 Å². The van der Waals surface area contributed by atoms with E-state index in [4.69, 9.17) is 4.74 Å². The molecule has 0 aliphatic heterocycles. The van der Waals surface area contributed by atoms with Crippen molar-refractivity contribution >= 4 is 6.09 Å². The van der Waals surface area contributed by atoms with E-state index in [2.05, 4.69) is 5.32 Å². The molecule has 21 heavy (non-hydrogen) atoms. The van der Waals surface area contributed by atoms with Crippen molar-refractivity contribution in [2.45, 2.75) is 43.9 Å². The van der Waals surface area contributed by atoms with Gasteiger partial charge in [0.05, 0.1) is 18.2 Å². The number of carbonyl (C=O) groups is 1. The van der Waals surface area contributed by atoms with Crippen LogP contribution in [0.15, 0.2) is 30.3 Å². The maximum absolute atomic E-state index is 12.0. The summed E-state index contributed by atoms with van der Waals surface area (Å²) in [6, 6.07) is 9.45. The van der Waals surface area contributed by atoms with Gasteiger partial charge in [-0.25, -0.2) is 4.79 Å². The van der Waals surface area contributed by atoms with E-state index in [1.165, 1.54) is 0 Å². The van der Waals surface area contributed by atoms with Gasteiger partial charge in [0.25, 0.3) is 0 Å². The fourth-order valence-corrected chi connectivity index (χ4v) is 3.68. The van der Waals surface area contributed by atoms with Crippen molar-refractivity contribution in [3.05, 3.63) is 35.9 Å². The molecule has 2 atom stereocenters. The number of rotatable bonds is 4. The van der Waals surface area contributed by atoms with Crippen molar-refractivity contribution in [2.24, 2.45) is 5.41 Å². The second-order valence-electron chi connectivity index (χ2n) is 6.16. The third kappa shape index (κ3) is 2.21. The first-order valence-electron chi connectivity index (χ1n) is 7.40. The Morgan fingerprint density at radius 3 is 2.57 bits per heavy atom. The number of amides is 1. The van der Waals surface area contributed by atoms with Gasteiger partial charge in [0.15, 0.2) is 0 Å². The molecule has 5 heteroatoms. The minimum absolute atomic E-state index is 0.162. The zero-order chi connectivity index (χ0) is 14.9. The van der Waals surface area contributed by atoms with E-state index in [9.17, 15) is 15.0 Å². The number of ether oxygens (including phenoxy) is 1. The van der Waals surface area contributed by atoms with E-state index in [1.54, 1.807) is 0 Å². The monoisotopic (exact) mass is 291 g/mol. The van der Waals surface area contributed by atoms with E-state index in [0.29, 0.717) is 6.42 Å². The van der Waals surface area contributed by atoms with E-state index in [-0.39, 0.29) is 18.6 Å². The average molecular weight is 291 g/mol. The van der Waals surface area contributed by atoms with Crippen LogP contribution in [-0.2, 0) is 11.3 Å². The molecule has 5 nitrogen and oxygen atoms in total. The van der Waals surface area contributed by atoms with Crippen LogP contribution in [0.2, 0.25) is 0 Å². The maximum atomic E-state index is 12.0. The fourth-order valence-electron chi connectivity index (χ4n) is 3.68. The summed E-state index contributed by atoms with van der Waals surface area (Å²) in [5.41, 5.74) is -0.163. The lowest BCUT2D eigenvalue weighted by atomic mass is 9.44. The van der Waals surface area contributed by atoms with Gasteiger partial charge in [-0.2, -0.15) is 0 Å². The summed E-state index contributed by atoms with van der Waals surface area (Å²) in [5.74, 6) is 0. The molecule has 1 aromatic carbocycles. The number of aliphatic hydroxyl groups excluding tert-OH is 2. The highest BCUT2D eigenvalue weighted by molar-refractivity contribution is 5.69. The van der Waals surface area contributed by atoms with Gasteiger partial charge in [-0.1, -0.05) is 36.8 Å². The van der Waals surface area contributed by atoms with Crippen LogP contribution in [0, 0.1) is 5.41 Å². The lowest BCUT2D eigenvalue weighted by Crippen LogP contribution is -2.78. The molecule has 114 valence electrons. The quantitative estimate of drug-likeness (QED) is 0.787. The van der Waals surface area contributed by atoms with Gasteiger partial charge < -0.3 is 20.3 Å². The molecule has 1 amide bonds. The summed E-state index contributed by atoms with van der Waals surface area (Å²) in [6.07, 6.45) is 2.13. The highest BCUT2D eigenvalue weighted by Crippen LogP contribution is 2.61. The van der Waals surface area contributed by atoms with Gasteiger partial charge in [0, 0.05) is 11.8 Å². The van der Waals surface area contributed by atoms with Crippen LogP contribution >= 0.6 is 0 Å². The normalized spacial score (nSPS) is 29.3. The van der Waals surface area contributed by atoms with E-state index >= 15 is 0 Å². The maximum Gasteiger partial charge on any atom is 0.408 e. The Balaban J connectivity index is 1.59. The minimum atomic E-state index is -0.724. The van der Waals surface area contributed by atoms with Gasteiger partial charge in [-0.3, -0.25) is 0 Å². The molecule has 0 radical (unpaired) electrons. The number of hydrogen-bond acceptors (Lipinski definition) is 4. The highest BCUT2D eigenvalue weighted by atomic mass is 16.5. The Kier molecular flexibility index (Phi) is 3.63. The Labute approximate surface area is 123 Å². The molecule has 0 aromatic heterocycles. The number of alkyl carbamates (subject to hydrolysis) is 1. The van der Waals surface area contributed by atoms with E-state index in [0.717, 1.165) is 24.8 Å². The average Bonchev–Trinajstić information content (AvgIpc) is 2.43. The Bertz CT molecular complexity index is 514. The van der Waals surface area contributed by atoms with Gasteiger partial charge in [-0.05, 0) is 18.4 Å². The second kappa shape index (κ2) is 5.31. The van der Waals surface area contributed by atoms with Crippen LogP contribution in [0.5, 0.6) is 0 Å². The molecule has 0 bridgehead atoms. The molecule has 2 aliphatic rings. The van der Waals surface area contributed by atoms with Crippen LogP contribution in [-0.4, -0.2) is 34.6 Å².